The molecule has 26 heavy (non-hydrogen) atoms. The lowest BCUT2D eigenvalue weighted by molar-refractivity contribution is 0.0599. The molecule has 2 aromatic rings. The van der Waals surface area contributed by atoms with Crippen molar-refractivity contribution in [1.29, 1.82) is 0 Å². The molecule has 0 saturated heterocycles. The van der Waals surface area contributed by atoms with Gasteiger partial charge in [0.15, 0.2) is 5.96 Å². The van der Waals surface area contributed by atoms with Crippen LogP contribution in [-0.4, -0.2) is 38.7 Å². The minimum absolute atomic E-state index is 0.312. The maximum atomic E-state index is 11.6. The molecule has 0 atom stereocenters. The summed E-state index contributed by atoms with van der Waals surface area (Å²) in [4.78, 5) is 16.1. The monoisotopic (exact) mass is 359 g/mol. The summed E-state index contributed by atoms with van der Waals surface area (Å²) < 4.78 is 15.9. The predicted molar refractivity (Wildman–Crippen MR) is 99.5 cm³/mol. The van der Waals surface area contributed by atoms with Crippen molar-refractivity contribution in [2.45, 2.75) is 20.4 Å². The summed E-state index contributed by atoms with van der Waals surface area (Å²) in [6.07, 6.45) is 0. The van der Waals surface area contributed by atoms with Crippen LogP contribution >= 0.6 is 0 Å². The quantitative estimate of drug-likeness (QED) is 0.326. The number of benzene rings is 1. The molecule has 0 saturated carbocycles. The first-order chi connectivity index (χ1) is 12.6. The molecule has 0 spiro atoms. The third kappa shape index (κ3) is 5.84. The molecular formula is C19H25N3O4. The maximum Gasteiger partial charge on any atom is 0.341 e. The van der Waals surface area contributed by atoms with Gasteiger partial charge in [-0.05, 0) is 32.0 Å². The number of hydrogen-bond acceptors (Lipinski definition) is 5. The van der Waals surface area contributed by atoms with Crippen molar-refractivity contribution >= 4 is 11.9 Å². The van der Waals surface area contributed by atoms with Crippen LogP contribution in [0.4, 0.5) is 0 Å². The lowest BCUT2D eigenvalue weighted by Gasteiger charge is -2.11. The molecule has 1 heterocycles. The fraction of sp³-hybridized carbons (Fsp3) is 0.368. The van der Waals surface area contributed by atoms with E-state index < -0.39 is 5.97 Å². The molecule has 0 aliphatic rings. The van der Waals surface area contributed by atoms with Crippen molar-refractivity contribution < 1.29 is 18.7 Å². The van der Waals surface area contributed by atoms with E-state index in [-0.39, 0.29) is 0 Å². The van der Waals surface area contributed by atoms with Crippen molar-refractivity contribution in [2.24, 2.45) is 4.99 Å². The average Bonchev–Trinajstić information content (AvgIpc) is 3.04. The van der Waals surface area contributed by atoms with Gasteiger partial charge in [0.1, 0.15) is 36.0 Å². The first-order valence-corrected chi connectivity index (χ1v) is 8.51. The molecule has 0 bridgehead atoms. The minimum atomic E-state index is -0.412. The fourth-order valence-electron chi connectivity index (χ4n) is 2.29. The number of carbonyl (C=O) groups is 1. The largest absolute Gasteiger partial charge is 0.492 e. The van der Waals surface area contributed by atoms with Crippen LogP contribution in [0.25, 0.3) is 0 Å². The van der Waals surface area contributed by atoms with E-state index in [1.165, 1.54) is 7.11 Å². The van der Waals surface area contributed by atoms with E-state index in [4.69, 9.17) is 13.9 Å². The second-order valence-electron chi connectivity index (χ2n) is 5.46. The lowest BCUT2D eigenvalue weighted by Crippen LogP contribution is -2.39. The number of guanidine groups is 1. The Morgan fingerprint density at radius 2 is 2.00 bits per heavy atom. The van der Waals surface area contributed by atoms with Crippen LogP contribution in [-0.2, 0) is 11.3 Å². The topological polar surface area (TPSA) is 85.1 Å². The molecule has 0 unspecified atom stereocenters. The molecular weight excluding hydrogens is 334 g/mol. The van der Waals surface area contributed by atoms with Crippen molar-refractivity contribution in [1.82, 2.24) is 10.6 Å². The zero-order valence-electron chi connectivity index (χ0n) is 15.4. The molecule has 2 rings (SSSR count). The Kier molecular flexibility index (Phi) is 7.54. The molecule has 7 nitrogen and oxygen atoms in total. The number of esters is 1. The van der Waals surface area contributed by atoms with Gasteiger partial charge in [0.05, 0.1) is 13.7 Å². The summed E-state index contributed by atoms with van der Waals surface area (Å²) >= 11 is 0. The van der Waals surface area contributed by atoms with E-state index in [9.17, 15) is 4.79 Å². The first kappa shape index (κ1) is 19.4. The van der Waals surface area contributed by atoms with Gasteiger partial charge in [0.25, 0.3) is 0 Å². The van der Waals surface area contributed by atoms with Crippen LogP contribution in [0.15, 0.2) is 45.8 Å². The summed E-state index contributed by atoms with van der Waals surface area (Å²) in [5.74, 6) is 2.19. The molecule has 0 amide bonds. The van der Waals surface area contributed by atoms with Gasteiger partial charge in [-0.2, -0.15) is 0 Å². The summed E-state index contributed by atoms with van der Waals surface area (Å²) in [5, 5.41) is 6.35. The average molecular weight is 359 g/mol. The van der Waals surface area contributed by atoms with Crippen LogP contribution in [0.2, 0.25) is 0 Å². The standard InChI is InChI=1S/C19H25N3O4/c1-4-20-19(21-10-11-25-15-8-6-5-7-9-15)22-13-16-12-17(14(2)26-16)18(23)24-3/h5-9,12H,4,10-11,13H2,1-3H3,(H2,20,21,22). The summed E-state index contributed by atoms with van der Waals surface area (Å²) in [7, 11) is 1.34. The van der Waals surface area contributed by atoms with Gasteiger partial charge < -0.3 is 24.5 Å². The smallest absolute Gasteiger partial charge is 0.341 e. The number of aryl methyl sites for hydroxylation is 1. The summed E-state index contributed by atoms with van der Waals surface area (Å²) in [5.41, 5.74) is 0.423. The normalized spacial score (nSPS) is 11.1. The number of hydrogen-bond donors (Lipinski definition) is 2. The maximum absolute atomic E-state index is 11.6. The van der Waals surface area contributed by atoms with Crippen LogP contribution in [0.3, 0.4) is 0 Å². The van der Waals surface area contributed by atoms with Crippen molar-refractivity contribution in [2.75, 3.05) is 26.8 Å². The molecule has 0 radical (unpaired) electrons. The van der Waals surface area contributed by atoms with Gasteiger partial charge in [0, 0.05) is 6.54 Å². The zero-order chi connectivity index (χ0) is 18.8. The Bertz CT molecular complexity index is 726. The number of para-hydroxylation sites is 1. The van der Waals surface area contributed by atoms with Gasteiger partial charge in [-0.3, -0.25) is 0 Å². The number of aliphatic imine (C=N–C) groups is 1. The third-order valence-corrected chi connectivity index (χ3v) is 3.52. The van der Waals surface area contributed by atoms with Gasteiger partial charge in [-0.25, -0.2) is 9.79 Å². The Hall–Kier alpha value is -2.96. The highest BCUT2D eigenvalue weighted by Gasteiger charge is 2.15. The van der Waals surface area contributed by atoms with E-state index in [2.05, 4.69) is 15.6 Å². The lowest BCUT2D eigenvalue weighted by atomic mass is 10.2. The van der Waals surface area contributed by atoms with E-state index >= 15 is 0 Å². The number of carbonyl (C=O) groups excluding carboxylic acids is 1. The summed E-state index contributed by atoms with van der Waals surface area (Å²) in [6.45, 7) is 5.88. The second kappa shape index (κ2) is 10.1. The number of rotatable bonds is 8. The molecule has 0 aliphatic carbocycles. The molecule has 7 heteroatoms. The highest BCUT2D eigenvalue weighted by molar-refractivity contribution is 5.90. The number of nitrogens with one attached hydrogen (secondary N) is 2. The Labute approximate surface area is 153 Å². The number of methoxy groups -OCH3 is 1. The predicted octanol–water partition coefficient (Wildman–Crippen LogP) is 2.51. The third-order valence-electron chi connectivity index (χ3n) is 3.52. The fourth-order valence-corrected chi connectivity index (χ4v) is 2.29. The van der Waals surface area contributed by atoms with Crippen LogP contribution in [0.1, 0.15) is 28.8 Å². The Morgan fingerprint density at radius 1 is 1.23 bits per heavy atom. The van der Waals surface area contributed by atoms with Gasteiger partial charge in [0.2, 0.25) is 0 Å². The Balaban J connectivity index is 1.87. The Morgan fingerprint density at radius 3 is 2.69 bits per heavy atom. The molecule has 0 aliphatic heterocycles. The second-order valence-corrected chi connectivity index (χ2v) is 5.46. The number of furan rings is 1. The van der Waals surface area contributed by atoms with E-state index in [1.807, 2.05) is 37.3 Å². The minimum Gasteiger partial charge on any atom is -0.492 e. The van der Waals surface area contributed by atoms with Crippen molar-refractivity contribution in [3.05, 3.63) is 53.5 Å². The molecule has 1 aromatic carbocycles. The van der Waals surface area contributed by atoms with Crippen molar-refractivity contribution in [3.63, 3.8) is 0 Å². The molecule has 0 fully saturated rings. The van der Waals surface area contributed by atoms with Gasteiger partial charge >= 0.3 is 5.97 Å². The van der Waals surface area contributed by atoms with Gasteiger partial charge in [-0.1, -0.05) is 18.2 Å². The van der Waals surface area contributed by atoms with E-state index in [0.29, 0.717) is 42.7 Å². The van der Waals surface area contributed by atoms with Crippen LogP contribution in [0, 0.1) is 6.92 Å². The highest BCUT2D eigenvalue weighted by Crippen LogP contribution is 2.16. The SMILES string of the molecule is CCNC(=NCc1cc(C(=O)OC)c(C)o1)NCCOc1ccccc1. The molecule has 1 aromatic heterocycles. The van der Waals surface area contributed by atoms with E-state index in [0.717, 1.165) is 12.3 Å². The van der Waals surface area contributed by atoms with Crippen LogP contribution in [0.5, 0.6) is 5.75 Å². The highest BCUT2D eigenvalue weighted by atomic mass is 16.5. The van der Waals surface area contributed by atoms with Crippen molar-refractivity contribution in [3.8, 4) is 5.75 Å². The van der Waals surface area contributed by atoms with Gasteiger partial charge in [-0.15, -0.1) is 0 Å². The molecule has 140 valence electrons. The number of ether oxygens (including phenoxy) is 2. The number of nitrogens with zero attached hydrogens (tertiary/aromatic N) is 1. The van der Waals surface area contributed by atoms with Crippen LogP contribution < -0.4 is 15.4 Å². The first-order valence-electron chi connectivity index (χ1n) is 8.51. The molecule has 2 N–H and O–H groups in total. The zero-order valence-corrected chi connectivity index (χ0v) is 15.4. The van der Waals surface area contributed by atoms with E-state index in [1.54, 1.807) is 13.0 Å². The summed E-state index contributed by atoms with van der Waals surface area (Å²) in [6, 6.07) is 11.3.